The first kappa shape index (κ1) is 13.1. The van der Waals surface area contributed by atoms with Crippen molar-refractivity contribution in [1.29, 1.82) is 0 Å². The van der Waals surface area contributed by atoms with Gasteiger partial charge in [-0.05, 0) is 42.5 Å². The molecule has 0 aliphatic carbocycles. The summed E-state index contributed by atoms with van der Waals surface area (Å²) in [7, 11) is 0. The SMILES string of the molecule is C=Nc1ccccc1N/C=C/c1ccccc1CC. The lowest BCUT2D eigenvalue weighted by molar-refractivity contribution is 1.13. The molecule has 0 atom stereocenters. The molecule has 0 bridgehead atoms. The highest BCUT2D eigenvalue weighted by atomic mass is 14.9. The van der Waals surface area contributed by atoms with Crippen LogP contribution in [0.3, 0.4) is 0 Å². The molecular formula is C17H18N2. The molecule has 2 nitrogen and oxygen atoms in total. The summed E-state index contributed by atoms with van der Waals surface area (Å²) in [6, 6.07) is 16.2. The Morgan fingerprint density at radius 1 is 1.11 bits per heavy atom. The summed E-state index contributed by atoms with van der Waals surface area (Å²) in [6.45, 7) is 5.73. The second-order valence-electron chi connectivity index (χ2n) is 4.21. The number of anilines is 1. The molecule has 0 unspecified atom stereocenters. The van der Waals surface area contributed by atoms with Gasteiger partial charge in [-0.15, -0.1) is 0 Å². The third-order valence-corrected chi connectivity index (χ3v) is 3.01. The van der Waals surface area contributed by atoms with Crippen LogP contribution < -0.4 is 5.32 Å². The minimum absolute atomic E-state index is 0.857. The lowest BCUT2D eigenvalue weighted by atomic mass is 10.1. The van der Waals surface area contributed by atoms with Crippen LogP contribution in [0.4, 0.5) is 11.4 Å². The van der Waals surface area contributed by atoms with E-state index in [1.807, 2.05) is 30.5 Å². The van der Waals surface area contributed by atoms with Crippen molar-refractivity contribution >= 4 is 24.2 Å². The Balaban J connectivity index is 2.13. The summed E-state index contributed by atoms with van der Waals surface area (Å²) < 4.78 is 0. The van der Waals surface area contributed by atoms with Gasteiger partial charge >= 0.3 is 0 Å². The van der Waals surface area contributed by atoms with Crippen molar-refractivity contribution in [3.8, 4) is 0 Å². The predicted molar refractivity (Wildman–Crippen MR) is 84.1 cm³/mol. The number of hydrogen-bond acceptors (Lipinski definition) is 2. The number of para-hydroxylation sites is 2. The number of nitrogens with zero attached hydrogens (tertiary/aromatic N) is 1. The van der Waals surface area contributed by atoms with E-state index in [9.17, 15) is 0 Å². The number of rotatable bonds is 5. The van der Waals surface area contributed by atoms with E-state index in [0.29, 0.717) is 0 Å². The highest BCUT2D eigenvalue weighted by molar-refractivity contribution is 5.70. The van der Waals surface area contributed by atoms with Gasteiger partial charge in [-0.1, -0.05) is 43.3 Å². The van der Waals surface area contributed by atoms with Gasteiger partial charge in [0.1, 0.15) is 0 Å². The molecule has 0 aliphatic rings. The van der Waals surface area contributed by atoms with E-state index in [1.165, 1.54) is 11.1 Å². The molecule has 0 heterocycles. The van der Waals surface area contributed by atoms with Crippen molar-refractivity contribution in [3.63, 3.8) is 0 Å². The average Bonchev–Trinajstić information content (AvgIpc) is 2.48. The fraction of sp³-hybridized carbons (Fsp3) is 0.118. The molecular weight excluding hydrogens is 232 g/mol. The molecule has 0 aliphatic heterocycles. The number of aryl methyl sites for hydroxylation is 1. The Bertz CT molecular complexity index is 585. The Morgan fingerprint density at radius 2 is 1.84 bits per heavy atom. The fourth-order valence-corrected chi connectivity index (χ4v) is 1.97. The first-order chi connectivity index (χ1) is 9.35. The smallest absolute Gasteiger partial charge is 0.0857 e. The Hall–Kier alpha value is -2.35. The monoisotopic (exact) mass is 250 g/mol. The fourth-order valence-electron chi connectivity index (χ4n) is 1.97. The Kier molecular flexibility index (Phi) is 4.51. The van der Waals surface area contributed by atoms with Crippen LogP contribution in [-0.2, 0) is 6.42 Å². The molecule has 2 aromatic rings. The number of hydrogen-bond donors (Lipinski definition) is 1. The van der Waals surface area contributed by atoms with Gasteiger partial charge in [0.15, 0.2) is 0 Å². The molecule has 2 aromatic carbocycles. The summed E-state index contributed by atoms with van der Waals surface area (Å²) in [5, 5.41) is 3.25. The van der Waals surface area contributed by atoms with Crippen LogP contribution in [0, 0.1) is 0 Å². The maximum absolute atomic E-state index is 3.98. The van der Waals surface area contributed by atoms with Crippen LogP contribution in [0.25, 0.3) is 6.08 Å². The van der Waals surface area contributed by atoms with Crippen LogP contribution in [0.2, 0.25) is 0 Å². The lowest BCUT2D eigenvalue weighted by Gasteiger charge is -2.05. The van der Waals surface area contributed by atoms with E-state index in [4.69, 9.17) is 0 Å². The van der Waals surface area contributed by atoms with Crippen LogP contribution in [0.5, 0.6) is 0 Å². The second kappa shape index (κ2) is 6.55. The number of nitrogens with one attached hydrogen (secondary N) is 1. The maximum atomic E-state index is 3.98. The van der Waals surface area contributed by atoms with Gasteiger partial charge in [0.2, 0.25) is 0 Å². The molecule has 0 spiro atoms. The van der Waals surface area contributed by atoms with Crippen LogP contribution in [-0.4, -0.2) is 6.72 Å². The zero-order chi connectivity index (χ0) is 13.5. The van der Waals surface area contributed by atoms with Gasteiger partial charge in [0, 0.05) is 6.20 Å². The van der Waals surface area contributed by atoms with E-state index in [0.717, 1.165) is 17.8 Å². The van der Waals surface area contributed by atoms with Crippen LogP contribution in [0.15, 0.2) is 59.7 Å². The van der Waals surface area contributed by atoms with Crippen molar-refractivity contribution in [2.45, 2.75) is 13.3 Å². The van der Waals surface area contributed by atoms with E-state index >= 15 is 0 Å². The van der Waals surface area contributed by atoms with Gasteiger partial charge in [0.05, 0.1) is 11.4 Å². The first-order valence-electron chi connectivity index (χ1n) is 6.42. The van der Waals surface area contributed by atoms with Crippen molar-refractivity contribution in [2.24, 2.45) is 4.99 Å². The van der Waals surface area contributed by atoms with Crippen molar-refractivity contribution in [2.75, 3.05) is 5.32 Å². The lowest BCUT2D eigenvalue weighted by Crippen LogP contribution is -1.89. The Labute approximate surface area is 114 Å². The summed E-state index contributed by atoms with van der Waals surface area (Å²) in [4.78, 5) is 3.98. The second-order valence-corrected chi connectivity index (χ2v) is 4.21. The molecule has 1 N–H and O–H groups in total. The summed E-state index contributed by atoms with van der Waals surface area (Å²) in [5.41, 5.74) is 4.40. The molecule has 96 valence electrons. The first-order valence-corrected chi connectivity index (χ1v) is 6.42. The summed E-state index contributed by atoms with van der Waals surface area (Å²) in [6.07, 6.45) is 5.06. The van der Waals surface area contributed by atoms with Crippen LogP contribution >= 0.6 is 0 Å². The average molecular weight is 250 g/mol. The summed E-state index contributed by atoms with van der Waals surface area (Å²) in [5.74, 6) is 0. The minimum atomic E-state index is 0.857. The predicted octanol–water partition coefficient (Wildman–Crippen LogP) is 4.66. The topological polar surface area (TPSA) is 24.4 Å². The van der Waals surface area contributed by atoms with E-state index in [-0.39, 0.29) is 0 Å². The quantitative estimate of drug-likeness (QED) is 0.766. The molecule has 2 heteroatoms. The zero-order valence-corrected chi connectivity index (χ0v) is 11.1. The molecule has 0 fully saturated rings. The molecule has 19 heavy (non-hydrogen) atoms. The van der Waals surface area contributed by atoms with Crippen molar-refractivity contribution in [3.05, 3.63) is 65.9 Å². The number of benzene rings is 2. The maximum Gasteiger partial charge on any atom is 0.0857 e. The number of aliphatic imine (C=N–C) groups is 1. The molecule has 2 rings (SSSR count). The van der Waals surface area contributed by atoms with E-state index in [1.54, 1.807) is 0 Å². The highest BCUT2D eigenvalue weighted by Crippen LogP contribution is 2.23. The van der Waals surface area contributed by atoms with Crippen molar-refractivity contribution < 1.29 is 0 Å². The van der Waals surface area contributed by atoms with Gasteiger partial charge in [0.25, 0.3) is 0 Å². The van der Waals surface area contributed by atoms with E-state index in [2.05, 4.69) is 54.3 Å². The third kappa shape index (κ3) is 3.32. The van der Waals surface area contributed by atoms with Gasteiger partial charge < -0.3 is 5.32 Å². The van der Waals surface area contributed by atoms with E-state index < -0.39 is 0 Å². The third-order valence-electron chi connectivity index (χ3n) is 3.01. The normalized spacial score (nSPS) is 10.6. The largest absolute Gasteiger partial charge is 0.360 e. The highest BCUT2D eigenvalue weighted by Gasteiger charge is 1.97. The zero-order valence-electron chi connectivity index (χ0n) is 11.1. The molecule has 0 saturated carbocycles. The van der Waals surface area contributed by atoms with Gasteiger partial charge in [-0.25, -0.2) is 0 Å². The van der Waals surface area contributed by atoms with Gasteiger partial charge in [-0.2, -0.15) is 0 Å². The van der Waals surface area contributed by atoms with Crippen molar-refractivity contribution in [1.82, 2.24) is 0 Å². The molecule has 0 amide bonds. The molecule has 0 aromatic heterocycles. The van der Waals surface area contributed by atoms with Crippen LogP contribution in [0.1, 0.15) is 18.1 Å². The minimum Gasteiger partial charge on any atom is -0.360 e. The standard InChI is InChI=1S/C17H18N2/c1-3-14-8-4-5-9-15(14)12-13-19-17-11-7-6-10-16(17)18-2/h4-13,19H,2-3H2,1H3/b13-12+. The molecule has 0 radical (unpaired) electrons. The van der Waals surface area contributed by atoms with Gasteiger partial charge in [-0.3, -0.25) is 4.99 Å². The molecule has 0 saturated heterocycles. The summed E-state index contributed by atoms with van der Waals surface area (Å²) >= 11 is 0. The Morgan fingerprint density at radius 3 is 2.63 bits per heavy atom.